The Hall–Kier alpha value is -3.88. The Labute approximate surface area is 172 Å². The number of nitro benzene ring substituents is 1. The van der Waals surface area contributed by atoms with Gasteiger partial charge in [0.25, 0.3) is 17.5 Å². The van der Waals surface area contributed by atoms with Crippen LogP contribution >= 0.6 is 0 Å². The molecule has 2 N–H and O–H groups in total. The molecule has 9 nitrogen and oxygen atoms in total. The quantitative estimate of drug-likeness (QED) is 0.510. The summed E-state index contributed by atoms with van der Waals surface area (Å²) in [4.78, 5) is 42.6. The third-order valence-corrected chi connectivity index (χ3v) is 5.33. The molecule has 0 atom stereocenters. The number of hydrogen-bond acceptors (Lipinski definition) is 5. The van der Waals surface area contributed by atoms with E-state index in [0.717, 1.165) is 10.9 Å². The maximum atomic E-state index is 12.9. The van der Waals surface area contributed by atoms with E-state index >= 15 is 0 Å². The van der Waals surface area contributed by atoms with Crippen LogP contribution in [0.1, 0.15) is 20.8 Å². The molecule has 9 heteroatoms. The molecule has 0 bridgehead atoms. The van der Waals surface area contributed by atoms with Gasteiger partial charge in [0, 0.05) is 56.3 Å². The SMILES string of the molecule is CNC(=O)c1cc([N+](=O)[O-])ccc1N1CCN(C(=O)c2cc3ccccc3[nH]2)CC1. The number of fused-ring (bicyclic) bond motifs is 1. The molecule has 2 heterocycles. The number of aromatic amines is 1. The normalized spacial score (nSPS) is 14.0. The summed E-state index contributed by atoms with van der Waals surface area (Å²) >= 11 is 0. The van der Waals surface area contributed by atoms with Crippen LogP contribution in [0, 0.1) is 10.1 Å². The first-order valence-corrected chi connectivity index (χ1v) is 9.60. The second-order valence-corrected chi connectivity index (χ2v) is 7.09. The molecule has 1 aliphatic heterocycles. The van der Waals surface area contributed by atoms with E-state index in [1.165, 1.54) is 19.2 Å². The molecule has 1 aromatic heterocycles. The van der Waals surface area contributed by atoms with Gasteiger partial charge in [-0.2, -0.15) is 0 Å². The molecule has 154 valence electrons. The maximum Gasteiger partial charge on any atom is 0.270 e. The molecule has 3 aromatic rings. The van der Waals surface area contributed by atoms with Crippen molar-refractivity contribution in [2.24, 2.45) is 0 Å². The number of nitrogens with zero attached hydrogens (tertiary/aromatic N) is 3. The number of H-pyrrole nitrogens is 1. The molecule has 1 aliphatic rings. The number of piperazine rings is 1. The highest BCUT2D eigenvalue weighted by molar-refractivity contribution is 6.01. The van der Waals surface area contributed by atoms with E-state index in [-0.39, 0.29) is 23.1 Å². The molecule has 2 amide bonds. The van der Waals surface area contributed by atoms with Crippen molar-refractivity contribution in [3.05, 3.63) is 69.9 Å². The van der Waals surface area contributed by atoms with E-state index in [2.05, 4.69) is 10.3 Å². The van der Waals surface area contributed by atoms with Crippen LogP contribution in [0.15, 0.2) is 48.5 Å². The first kappa shape index (κ1) is 19.4. The van der Waals surface area contributed by atoms with Gasteiger partial charge in [0.1, 0.15) is 5.69 Å². The highest BCUT2D eigenvalue weighted by Gasteiger charge is 2.26. The maximum absolute atomic E-state index is 12.9. The second-order valence-electron chi connectivity index (χ2n) is 7.09. The van der Waals surface area contributed by atoms with E-state index in [1.807, 2.05) is 35.2 Å². The van der Waals surface area contributed by atoms with E-state index in [0.29, 0.717) is 37.6 Å². The number of aromatic nitrogens is 1. The summed E-state index contributed by atoms with van der Waals surface area (Å²) in [5, 5.41) is 14.6. The fourth-order valence-corrected chi connectivity index (χ4v) is 3.74. The van der Waals surface area contributed by atoms with Crippen LogP contribution in [-0.2, 0) is 0 Å². The topological polar surface area (TPSA) is 112 Å². The van der Waals surface area contributed by atoms with Crippen molar-refractivity contribution < 1.29 is 14.5 Å². The Balaban J connectivity index is 1.51. The number of carbonyl (C=O) groups excluding carboxylic acids is 2. The number of nitrogens with one attached hydrogen (secondary N) is 2. The number of non-ortho nitro benzene ring substituents is 1. The molecule has 0 radical (unpaired) electrons. The van der Waals surface area contributed by atoms with Crippen molar-refractivity contribution >= 4 is 34.1 Å². The number of carbonyl (C=O) groups is 2. The molecule has 0 aliphatic carbocycles. The van der Waals surface area contributed by atoms with Crippen LogP contribution in [-0.4, -0.2) is 59.8 Å². The molecule has 1 fully saturated rings. The Morgan fingerprint density at radius 1 is 1.07 bits per heavy atom. The number of nitro groups is 1. The lowest BCUT2D eigenvalue weighted by molar-refractivity contribution is -0.384. The number of anilines is 1. The number of benzene rings is 2. The fraction of sp³-hybridized carbons (Fsp3) is 0.238. The van der Waals surface area contributed by atoms with Crippen LogP contribution in [0.2, 0.25) is 0 Å². The fourth-order valence-electron chi connectivity index (χ4n) is 3.74. The van der Waals surface area contributed by atoms with Gasteiger partial charge < -0.3 is 20.1 Å². The third kappa shape index (κ3) is 3.57. The molecule has 0 unspecified atom stereocenters. The number of rotatable bonds is 4. The van der Waals surface area contributed by atoms with E-state index < -0.39 is 4.92 Å². The number of para-hydroxylation sites is 1. The molecular weight excluding hydrogens is 386 g/mol. The van der Waals surface area contributed by atoms with Gasteiger partial charge in [-0.3, -0.25) is 19.7 Å². The largest absolute Gasteiger partial charge is 0.367 e. The van der Waals surface area contributed by atoms with Crippen LogP contribution in [0.5, 0.6) is 0 Å². The van der Waals surface area contributed by atoms with Gasteiger partial charge >= 0.3 is 0 Å². The van der Waals surface area contributed by atoms with E-state index in [4.69, 9.17) is 0 Å². The molecule has 1 saturated heterocycles. The summed E-state index contributed by atoms with van der Waals surface area (Å²) in [5.74, 6) is -0.452. The Morgan fingerprint density at radius 3 is 2.47 bits per heavy atom. The van der Waals surface area contributed by atoms with Crippen LogP contribution < -0.4 is 10.2 Å². The molecule has 2 aromatic carbocycles. The summed E-state index contributed by atoms with van der Waals surface area (Å²) in [7, 11) is 1.49. The predicted molar refractivity (Wildman–Crippen MR) is 113 cm³/mol. The average molecular weight is 407 g/mol. The minimum Gasteiger partial charge on any atom is -0.367 e. The van der Waals surface area contributed by atoms with Crippen LogP contribution in [0.25, 0.3) is 10.9 Å². The van der Waals surface area contributed by atoms with Gasteiger partial charge in [0.05, 0.1) is 16.2 Å². The summed E-state index contributed by atoms with van der Waals surface area (Å²) in [6.45, 7) is 2.01. The monoisotopic (exact) mass is 407 g/mol. The minimum absolute atomic E-state index is 0.0684. The Morgan fingerprint density at radius 2 is 1.80 bits per heavy atom. The Kier molecular flexibility index (Phi) is 5.09. The lowest BCUT2D eigenvalue weighted by Gasteiger charge is -2.36. The zero-order chi connectivity index (χ0) is 21.3. The Bertz CT molecular complexity index is 1100. The van der Waals surface area contributed by atoms with Crippen molar-refractivity contribution in [1.82, 2.24) is 15.2 Å². The zero-order valence-corrected chi connectivity index (χ0v) is 16.4. The summed E-state index contributed by atoms with van der Waals surface area (Å²) in [6, 6.07) is 13.9. The predicted octanol–water partition coefficient (Wildman–Crippen LogP) is 2.40. The molecular formula is C21H21N5O4. The lowest BCUT2D eigenvalue weighted by atomic mass is 10.1. The number of amides is 2. The average Bonchev–Trinajstić information content (AvgIpc) is 3.22. The smallest absolute Gasteiger partial charge is 0.270 e. The van der Waals surface area contributed by atoms with Crippen molar-refractivity contribution in [1.29, 1.82) is 0 Å². The summed E-state index contributed by atoms with van der Waals surface area (Å²) in [6.07, 6.45) is 0. The van der Waals surface area contributed by atoms with Crippen LogP contribution in [0.3, 0.4) is 0 Å². The van der Waals surface area contributed by atoms with Gasteiger partial charge in [-0.25, -0.2) is 0 Å². The van der Waals surface area contributed by atoms with E-state index in [1.54, 1.807) is 11.0 Å². The van der Waals surface area contributed by atoms with Gasteiger partial charge in [0.2, 0.25) is 0 Å². The highest BCUT2D eigenvalue weighted by atomic mass is 16.6. The van der Waals surface area contributed by atoms with Gasteiger partial charge in [-0.05, 0) is 18.2 Å². The van der Waals surface area contributed by atoms with Crippen molar-refractivity contribution in [2.75, 3.05) is 38.1 Å². The van der Waals surface area contributed by atoms with Gasteiger partial charge in [0.15, 0.2) is 0 Å². The highest BCUT2D eigenvalue weighted by Crippen LogP contribution is 2.27. The van der Waals surface area contributed by atoms with Gasteiger partial charge in [-0.1, -0.05) is 18.2 Å². The second kappa shape index (κ2) is 7.86. The van der Waals surface area contributed by atoms with E-state index in [9.17, 15) is 19.7 Å². The summed E-state index contributed by atoms with van der Waals surface area (Å²) in [5.41, 5.74) is 2.20. The first-order chi connectivity index (χ1) is 14.5. The molecule has 4 rings (SSSR count). The molecule has 0 saturated carbocycles. The zero-order valence-electron chi connectivity index (χ0n) is 16.4. The molecule has 30 heavy (non-hydrogen) atoms. The summed E-state index contributed by atoms with van der Waals surface area (Å²) < 4.78 is 0. The molecule has 0 spiro atoms. The minimum atomic E-state index is -0.521. The first-order valence-electron chi connectivity index (χ1n) is 9.60. The third-order valence-electron chi connectivity index (χ3n) is 5.33. The van der Waals surface area contributed by atoms with Crippen molar-refractivity contribution in [3.8, 4) is 0 Å². The van der Waals surface area contributed by atoms with Gasteiger partial charge in [-0.15, -0.1) is 0 Å². The number of hydrogen-bond donors (Lipinski definition) is 2. The standard InChI is InChI=1S/C21H21N5O4/c1-22-20(27)16-13-15(26(29)30)6-7-19(16)24-8-10-25(11-9-24)21(28)18-12-14-4-2-3-5-17(14)23-18/h2-7,12-13,23H,8-11H2,1H3,(H,22,27). The van der Waals surface area contributed by atoms with Crippen molar-refractivity contribution in [2.45, 2.75) is 0 Å². The van der Waals surface area contributed by atoms with Crippen molar-refractivity contribution in [3.63, 3.8) is 0 Å². The van der Waals surface area contributed by atoms with Crippen LogP contribution in [0.4, 0.5) is 11.4 Å². The lowest BCUT2D eigenvalue weighted by Crippen LogP contribution is -2.49.